The summed E-state index contributed by atoms with van der Waals surface area (Å²) in [6, 6.07) is 0.000397. The molecule has 1 saturated carbocycles. The van der Waals surface area contributed by atoms with E-state index in [4.69, 9.17) is 5.73 Å². The second kappa shape index (κ2) is 7.13. The SMILES string of the molecule is CCC(C)C(N)C(=O)NC1CCC(C(C)C)CC1. The molecule has 1 fully saturated rings. The first-order chi connectivity index (χ1) is 8.45. The summed E-state index contributed by atoms with van der Waals surface area (Å²) < 4.78 is 0. The van der Waals surface area contributed by atoms with Crippen LogP contribution in [-0.4, -0.2) is 18.0 Å². The van der Waals surface area contributed by atoms with Crippen LogP contribution in [0.3, 0.4) is 0 Å². The molecule has 0 radical (unpaired) electrons. The van der Waals surface area contributed by atoms with Crippen molar-refractivity contribution in [1.82, 2.24) is 5.32 Å². The Morgan fingerprint density at radius 1 is 1.22 bits per heavy atom. The van der Waals surface area contributed by atoms with Gasteiger partial charge in [0.2, 0.25) is 5.91 Å². The highest BCUT2D eigenvalue weighted by molar-refractivity contribution is 5.82. The first-order valence-corrected chi connectivity index (χ1v) is 7.51. The van der Waals surface area contributed by atoms with Gasteiger partial charge in [0.15, 0.2) is 0 Å². The zero-order valence-corrected chi connectivity index (χ0v) is 12.4. The maximum atomic E-state index is 12.0. The molecule has 2 atom stereocenters. The van der Waals surface area contributed by atoms with Gasteiger partial charge in [-0.15, -0.1) is 0 Å². The number of amides is 1. The van der Waals surface area contributed by atoms with Gasteiger partial charge in [0.25, 0.3) is 0 Å². The third-order valence-electron chi connectivity index (χ3n) is 4.62. The zero-order chi connectivity index (χ0) is 13.7. The van der Waals surface area contributed by atoms with Crippen molar-refractivity contribution in [2.75, 3.05) is 0 Å². The van der Waals surface area contributed by atoms with Crippen molar-refractivity contribution in [3.05, 3.63) is 0 Å². The molecule has 0 aromatic rings. The number of nitrogens with two attached hydrogens (primary N) is 1. The van der Waals surface area contributed by atoms with Gasteiger partial charge < -0.3 is 11.1 Å². The molecule has 0 heterocycles. The van der Waals surface area contributed by atoms with Crippen LogP contribution in [0.25, 0.3) is 0 Å². The average molecular weight is 254 g/mol. The van der Waals surface area contributed by atoms with E-state index >= 15 is 0 Å². The minimum Gasteiger partial charge on any atom is -0.352 e. The van der Waals surface area contributed by atoms with E-state index in [1.165, 1.54) is 12.8 Å². The van der Waals surface area contributed by atoms with Crippen molar-refractivity contribution in [3.63, 3.8) is 0 Å². The maximum absolute atomic E-state index is 12.0. The Labute approximate surface area is 112 Å². The molecule has 0 aromatic carbocycles. The molecule has 18 heavy (non-hydrogen) atoms. The summed E-state index contributed by atoms with van der Waals surface area (Å²) in [5.74, 6) is 1.90. The fourth-order valence-corrected chi connectivity index (χ4v) is 2.74. The van der Waals surface area contributed by atoms with Gasteiger partial charge in [0.05, 0.1) is 6.04 Å². The number of carbonyl (C=O) groups is 1. The molecular weight excluding hydrogens is 224 g/mol. The van der Waals surface area contributed by atoms with Crippen LogP contribution in [0.2, 0.25) is 0 Å². The lowest BCUT2D eigenvalue weighted by atomic mass is 9.79. The van der Waals surface area contributed by atoms with Crippen LogP contribution in [0.1, 0.15) is 59.8 Å². The topological polar surface area (TPSA) is 55.1 Å². The normalized spacial score (nSPS) is 27.9. The summed E-state index contributed by atoms with van der Waals surface area (Å²) in [5.41, 5.74) is 5.95. The highest BCUT2D eigenvalue weighted by atomic mass is 16.2. The molecule has 3 heteroatoms. The molecule has 0 aromatic heterocycles. The Kier molecular flexibility index (Phi) is 6.13. The largest absolute Gasteiger partial charge is 0.352 e. The minimum absolute atomic E-state index is 0.0392. The highest BCUT2D eigenvalue weighted by Gasteiger charge is 2.26. The van der Waals surface area contributed by atoms with Crippen LogP contribution in [-0.2, 0) is 4.79 Å². The summed E-state index contributed by atoms with van der Waals surface area (Å²) in [7, 11) is 0. The quantitative estimate of drug-likeness (QED) is 0.792. The lowest BCUT2D eigenvalue weighted by molar-refractivity contribution is -0.124. The predicted octanol–water partition coefficient (Wildman–Crippen LogP) is 2.69. The first-order valence-electron chi connectivity index (χ1n) is 7.51. The molecule has 1 amide bonds. The number of hydrogen-bond donors (Lipinski definition) is 2. The van der Waals surface area contributed by atoms with E-state index in [0.29, 0.717) is 6.04 Å². The van der Waals surface area contributed by atoms with Crippen molar-refractivity contribution < 1.29 is 4.79 Å². The summed E-state index contributed by atoms with van der Waals surface area (Å²) in [6.45, 7) is 8.70. The van der Waals surface area contributed by atoms with Gasteiger partial charge in [-0.3, -0.25) is 4.79 Å². The molecule has 1 aliphatic carbocycles. The third kappa shape index (κ3) is 4.27. The molecule has 0 spiro atoms. The lowest BCUT2D eigenvalue weighted by Crippen LogP contribution is -2.49. The molecule has 0 saturated heterocycles. The Morgan fingerprint density at radius 3 is 2.22 bits per heavy atom. The Hall–Kier alpha value is -0.570. The van der Waals surface area contributed by atoms with Gasteiger partial charge in [-0.1, -0.05) is 34.1 Å². The third-order valence-corrected chi connectivity index (χ3v) is 4.62. The molecule has 0 bridgehead atoms. The fourth-order valence-electron chi connectivity index (χ4n) is 2.74. The highest BCUT2D eigenvalue weighted by Crippen LogP contribution is 2.29. The van der Waals surface area contributed by atoms with Crippen LogP contribution in [0.4, 0.5) is 0 Å². The van der Waals surface area contributed by atoms with E-state index in [0.717, 1.165) is 31.1 Å². The predicted molar refractivity (Wildman–Crippen MR) is 76.2 cm³/mol. The minimum atomic E-state index is -0.349. The molecule has 3 N–H and O–H groups in total. The van der Waals surface area contributed by atoms with Gasteiger partial charge in [0.1, 0.15) is 0 Å². The van der Waals surface area contributed by atoms with Crippen LogP contribution in [0, 0.1) is 17.8 Å². The van der Waals surface area contributed by atoms with Crippen molar-refractivity contribution in [1.29, 1.82) is 0 Å². The molecule has 3 nitrogen and oxygen atoms in total. The summed E-state index contributed by atoms with van der Waals surface area (Å²) in [6.07, 6.45) is 5.65. The van der Waals surface area contributed by atoms with Gasteiger partial charge in [-0.25, -0.2) is 0 Å². The second-order valence-electron chi connectivity index (χ2n) is 6.28. The van der Waals surface area contributed by atoms with Gasteiger partial charge >= 0.3 is 0 Å². The number of rotatable bonds is 5. The standard InChI is InChI=1S/C15H30N2O/c1-5-11(4)14(16)15(18)17-13-8-6-12(7-9-13)10(2)3/h10-14H,5-9,16H2,1-4H3,(H,17,18). The van der Waals surface area contributed by atoms with Crippen LogP contribution in [0.15, 0.2) is 0 Å². The summed E-state index contributed by atoms with van der Waals surface area (Å²) in [4.78, 5) is 12.0. The molecule has 2 unspecified atom stereocenters. The lowest BCUT2D eigenvalue weighted by Gasteiger charge is -2.32. The number of nitrogens with one attached hydrogen (secondary N) is 1. The number of carbonyl (C=O) groups excluding carboxylic acids is 1. The van der Waals surface area contributed by atoms with Gasteiger partial charge in [0, 0.05) is 6.04 Å². The van der Waals surface area contributed by atoms with E-state index in [2.05, 4.69) is 26.1 Å². The van der Waals surface area contributed by atoms with E-state index in [-0.39, 0.29) is 17.9 Å². The van der Waals surface area contributed by atoms with E-state index in [1.54, 1.807) is 0 Å². The zero-order valence-electron chi connectivity index (χ0n) is 12.4. The van der Waals surface area contributed by atoms with Crippen LogP contribution < -0.4 is 11.1 Å². The average Bonchev–Trinajstić information content (AvgIpc) is 2.37. The Balaban J connectivity index is 2.34. The van der Waals surface area contributed by atoms with E-state index in [1.807, 2.05) is 6.92 Å². The Morgan fingerprint density at radius 2 is 1.78 bits per heavy atom. The van der Waals surface area contributed by atoms with E-state index in [9.17, 15) is 4.79 Å². The van der Waals surface area contributed by atoms with Crippen LogP contribution >= 0.6 is 0 Å². The van der Waals surface area contributed by atoms with Crippen molar-refractivity contribution >= 4 is 5.91 Å². The smallest absolute Gasteiger partial charge is 0.237 e. The number of hydrogen-bond acceptors (Lipinski definition) is 2. The van der Waals surface area contributed by atoms with Crippen molar-refractivity contribution in [2.24, 2.45) is 23.5 Å². The van der Waals surface area contributed by atoms with Crippen molar-refractivity contribution in [2.45, 2.75) is 71.9 Å². The van der Waals surface area contributed by atoms with E-state index < -0.39 is 0 Å². The molecular formula is C15H30N2O. The van der Waals surface area contributed by atoms with Crippen molar-refractivity contribution in [3.8, 4) is 0 Å². The molecule has 106 valence electrons. The maximum Gasteiger partial charge on any atom is 0.237 e. The summed E-state index contributed by atoms with van der Waals surface area (Å²) in [5, 5.41) is 3.13. The monoisotopic (exact) mass is 254 g/mol. The van der Waals surface area contributed by atoms with Gasteiger partial charge in [-0.2, -0.15) is 0 Å². The first kappa shape index (κ1) is 15.5. The summed E-state index contributed by atoms with van der Waals surface area (Å²) >= 11 is 0. The molecule has 1 rings (SSSR count). The van der Waals surface area contributed by atoms with Gasteiger partial charge in [-0.05, 0) is 43.4 Å². The van der Waals surface area contributed by atoms with Crippen LogP contribution in [0.5, 0.6) is 0 Å². The second-order valence-corrected chi connectivity index (χ2v) is 6.28. The molecule has 1 aliphatic rings. The molecule has 0 aliphatic heterocycles. The fraction of sp³-hybridized carbons (Fsp3) is 0.933. The Bertz CT molecular complexity index is 257.